The number of nitrogens with zero attached hydrogens (tertiary/aromatic N) is 3. The predicted octanol–water partition coefficient (Wildman–Crippen LogP) is 4.98. The van der Waals surface area contributed by atoms with Gasteiger partial charge in [0.05, 0.1) is 5.60 Å². The minimum Gasteiger partial charge on any atom is -0.375 e. The van der Waals surface area contributed by atoms with Gasteiger partial charge in [0.2, 0.25) is 0 Å². The summed E-state index contributed by atoms with van der Waals surface area (Å²) in [6.45, 7) is 4.79. The highest BCUT2D eigenvalue weighted by Crippen LogP contribution is 2.27. The zero-order valence-electron chi connectivity index (χ0n) is 19.2. The minimum absolute atomic E-state index is 0.0917. The number of amides is 1. The Labute approximate surface area is 197 Å². The molecule has 5 rings (SSSR count). The van der Waals surface area contributed by atoms with Gasteiger partial charge in [-0.15, -0.1) is 11.3 Å². The summed E-state index contributed by atoms with van der Waals surface area (Å²) in [4.78, 5) is 22.2. The maximum absolute atomic E-state index is 13.2. The maximum atomic E-state index is 13.2. The van der Waals surface area contributed by atoms with Crippen molar-refractivity contribution in [1.29, 1.82) is 0 Å². The molecule has 1 N–H and O–H groups in total. The monoisotopic (exact) mass is 460 g/mol. The van der Waals surface area contributed by atoms with Gasteiger partial charge in [0.15, 0.2) is 0 Å². The summed E-state index contributed by atoms with van der Waals surface area (Å²) in [5.41, 5.74) is 4.46. The third-order valence-corrected chi connectivity index (χ3v) is 7.04. The fourth-order valence-electron chi connectivity index (χ4n) is 4.53. The summed E-state index contributed by atoms with van der Waals surface area (Å²) in [7, 11) is 1.96. The molecule has 4 aromatic rings. The van der Waals surface area contributed by atoms with Crippen LogP contribution in [-0.4, -0.2) is 38.7 Å². The quantitative estimate of drug-likeness (QED) is 0.456. The van der Waals surface area contributed by atoms with Crippen molar-refractivity contribution >= 4 is 28.3 Å². The fraction of sp³-hybridized carbons (Fsp3) is 0.346. The molecule has 1 unspecified atom stereocenters. The maximum Gasteiger partial charge on any atom is 0.270 e. The van der Waals surface area contributed by atoms with Crippen LogP contribution in [0.5, 0.6) is 0 Å². The van der Waals surface area contributed by atoms with Gasteiger partial charge in [-0.25, -0.2) is 9.97 Å². The van der Waals surface area contributed by atoms with Gasteiger partial charge in [-0.1, -0.05) is 24.3 Å². The van der Waals surface area contributed by atoms with Crippen molar-refractivity contribution in [3.05, 3.63) is 71.0 Å². The van der Waals surface area contributed by atoms with E-state index in [-0.39, 0.29) is 17.6 Å². The van der Waals surface area contributed by atoms with Gasteiger partial charge in [0, 0.05) is 48.4 Å². The number of ether oxygens (including phenoxy) is 1. The van der Waals surface area contributed by atoms with E-state index in [9.17, 15) is 4.79 Å². The fourth-order valence-corrected chi connectivity index (χ4v) is 5.17. The van der Waals surface area contributed by atoms with Crippen molar-refractivity contribution in [2.45, 2.75) is 44.8 Å². The van der Waals surface area contributed by atoms with Crippen LogP contribution >= 0.6 is 11.3 Å². The van der Waals surface area contributed by atoms with Crippen LogP contribution in [0.4, 0.5) is 0 Å². The molecule has 1 aliphatic heterocycles. The van der Waals surface area contributed by atoms with Crippen molar-refractivity contribution in [3.63, 3.8) is 0 Å². The number of thiazole rings is 1. The number of aryl methyl sites for hydroxylation is 1. The Balaban J connectivity index is 1.41. The molecule has 1 saturated heterocycles. The average molecular weight is 461 g/mol. The van der Waals surface area contributed by atoms with E-state index in [1.807, 2.05) is 35.5 Å². The first-order valence-corrected chi connectivity index (χ1v) is 12.1. The number of pyridine rings is 1. The van der Waals surface area contributed by atoms with Crippen LogP contribution in [0, 0.1) is 0 Å². The van der Waals surface area contributed by atoms with Gasteiger partial charge in [-0.3, -0.25) is 4.79 Å². The molecule has 1 aliphatic rings. The second kappa shape index (κ2) is 8.72. The Kier molecular flexibility index (Phi) is 5.76. The second-order valence-electron chi connectivity index (χ2n) is 9.31. The lowest BCUT2D eigenvalue weighted by Gasteiger charge is -2.35. The minimum atomic E-state index is -0.221. The third-order valence-electron chi connectivity index (χ3n) is 6.22. The highest BCUT2D eigenvalue weighted by molar-refractivity contribution is 7.13. The Morgan fingerprint density at radius 3 is 2.82 bits per heavy atom. The topological polar surface area (TPSA) is 69.0 Å². The smallest absolute Gasteiger partial charge is 0.270 e. The standard InChI is InChI=1S/C26H28N4O2S/c1-26(2)16-20(9-12-32-26)28-24(31)22-15-19(21-8-11-30(3)23(21)29-22)14-17-4-6-18(7-5-17)25-27-10-13-33-25/h4-8,10-11,13,15,20H,9,12,14,16H2,1-3H3,(H,28,31). The summed E-state index contributed by atoms with van der Waals surface area (Å²) < 4.78 is 7.76. The summed E-state index contributed by atoms with van der Waals surface area (Å²) in [6, 6.07) is 12.6. The van der Waals surface area contributed by atoms with Crippen LogP contribution < -0.4 is 5.32 Å². The molecule has 3 aromatic heterocycles. The number of rotatable bonds is 5. The Bertz CT molecular complexity index is 1280. The number of aromatic nitrogens is 3. The van der Waals surface area contributed by atoms with Crippen LogP contribution in [0.1, 0.15) is 48.3 Å². The van der Waals surface area contributed by atoms with Crippen LogP contribution in [0.2, 0.25) is 0 Å². The average Bonchev–Trinajstić information content (AvgIpc) is 3.44. The Morgan fingerprint density at radius 2 is 2.09 bits per heavy atom. The zero-order chi connectivity index (χ0) is 23.0. The predicted molar refractivity (Wildman–Crippen MR) is 132 cm³/mol. The molecule has 0 saturated carbocycles. The van der Waals surface area contributed by atoms with Crippen LogP contribution in [0.15, 0.2) is 54.2 Å². The van der Waals surface area contributed by atoms with E-state index in [0.717, 1.165) is 46.4 Å². The summed E-state index contributed by atoms with van der Waals surface area (Å²) in [5.74, 6) is -0.124. The van der Waals surface area contributed by atoms with Crippen molar-refractivity contribution in [2.75, 3.05) is 6.61 Å². The second-order valence-corrected chi connectivity index (χ2v) is 10.2. The normalized spacial score (nSPS) is 17.8. The zero-order valence-corrected chi connectivity index (χ0v) is 20.0. The number of nitrogens with one attached hydrogen (secondary N) is 1. The van der Waals surface area contributed by atoms with Gasteiger partial charge in [-0.05, 0) is 56.4 Å². The number of benzene rings is 1. The number of carbonyl (C=O) groups excluding carboxylic acids is 1. The lowest BCUT2D eigenvalue weighted by molar-refractivity contribution is -0.0615. The van der Waals surface area contributed by atoms with Crippen LogP contribution in [-0.2, 0) is 18.2 Å². The molecule has 1 fully saturated rings. The summed E-state index contributed by atoms with van der Waals surface area (Å²) in [6.07, 6.45) is 6.16. The molecule has 1 atom stereocenters. The largest absolute Gasteiger partial charge is 0.375 e. The van der Waals surface area contributed by atoms with Gasteiger partial charge in [0.1, 0.15) is 16.3 Å². The first-order valence-electron chi connectivity index (χ1n) is 11.3. The SMILES string of the molecule is Cn1ccc2c(Cc3ccc(-c4nccs4)cc3)cc(C(=O)NC3CCOC(C)(C)C3)nc21. The van der Waals surface area contributed by atoms with E-state index in [0.29, 0.717) is 12.3 Å². The summed E-state index contributed by atoms with van der Waals surface area (Å²) >= 11 is 1.64. The molecule has 0 bridgehead atoms. The van der Waals surface area contributed by atoms with Gasteiger partial charge < -0.3 is 14.6 Å². The lowest BCUT2D eigenvalue weighted by Crippen LogP contribution is -2.46. The molecule has 0 spiro atoms. The van der Waals surface area contributed by atoms with E-state index in [4.69, 9.17) is 9.72 Å². The number of hydrogen-bond donors (Lipinski definition) is 1. The number of carbonyl (C=O) groups is 1. The lowest BCUT2D eigenvalue weighted by atomic mass is 9.94. The van der Waals surface area contributed by atoms with Crippen molar-refractivity contribution in [3.8, 4) is 10.6 Å². The van der Waals surface area contributed by atoms with E-state index in [1.165, 1.54) is 5.56 Å². The van der Waals surface area contributed by atoms with Crippen LogP contribution in [0.3, 0.4) is 0 Å². The first-order chi connectivity index (χ1) is 15.9. The van der Waals surface area contributed by atoms with Gasteiger partial charge >= 0.3 is 0 Å². The summed E-state index contributed by atoms with van der Waals surface area (Å²) in [5, 5.41) is 7.27. The molecule has 0 radical (unpaired) electrons. The number of fused-ring (bicyclic) bond motifs is 1. The molecule has 33 heavy (non-hydrogen) atoms. The van der Waals surface area contributed by atoms with Crippen molar-refractivity contribution in [2.24, 2.45) is 7.05 Å². The first kappa shape index (κ1) is 21.8. The van der Waals surface area contributed by atoms with E-state index >= 15 is 0 Å². The molecule has 1 aromatic carbocycles. The number of hydrogen-bond acceptors (Lipinski definition) is 5. The highest BCUT2D eigenvalue weighted by atomic mass is 32.1. The Hall–Kier alpha value is -3.03. The molecular formula is C26H28N4O2S. The van der Waals surface area contributed by atoms with Crippen molar-refractivity contribution < 1.29 is 9.53 Å². The van der Waals surface area contributed by atoms with Gasteiger partial charge in [-0.2, -0.15) is 0 Å². The molecule has 6 nitrogen and oxygen atoms in total. The molecular weight excluding hydrogens is 432 g/mol. The molecule has 170 valence electrons. The van der Waals surface area contributed by atoms with Crippen LogP contribution in [0.25, 0.3) is 21.6 Å². The molecule has 4 heterocycles. The van der Waals surface area contributed by atoms with Gasteiger partial charge in [0.25, 0.3) is 5.91 Å². The Morgan fingerprint density at radius 1 is 1.27 bits per heavy atom. The van der Waals surface area contributed by atoms with E-state index < -0.39 is 0 Å². The van der Waals surface area contributed by atoms with Crippen molar-refractivity contribution in [1.82, 2.24) is 19.9 Å². The van der Waals surface area contributed by atoms with E-state index in [2.05, 4.69) is 54.5 Å². The van der Waals surface area contributed by atoms with E-state index in [1.54, 1.807) is 11.3 Å². The highest BCUT2D eigenvalue weighted by Gasteiger charge is 2.30. The molecule has 7 heteroatoms. The molecule has 1 amide bonds. The molecule has 0 aliphatic carbocycles. The third kappa shape index (κ3) is 4.70.